The molecule has 0 aromatic rings. The van der Waals surface area contributed by atoms with Crippen LogP contribution in [0.5, 0.6) is 0 Å². The van der Waals surface area contributed by atoms with Gasteiger partial charge < -0.3 is 0 Å². The van der Waals surface area contributed by atoms with Crippen molar-refractivity contribution >= 4 is 11.8 Å². The molecule has 1 heteroatoms. The molecule has 0 N–H and O–H groups in total. The van der Waals surface area contributed by atoms with Crippen molar-refractivity contribution in [3.63, 3.8) is 0 Å². The van der Waals surface area contributed by atoms with Crippen LogP contribution in [0.3, 0.4) is 0 Å². The van der Waals surface area contributed by atoms with E-state index in [4.69, 9.17) is 0 Å². The zero-order valence-electron chi connectivity index (χ0n) is 6.37. The van der Waals surface area contributed by atoms with Gasteiger partial charge in [-0.25, -0.2) is 0 Å². The third-order valence-corrected chi connectivity index (χ3v) is 2.55. The summed E-state index contributed by atoms with van der Waals surface area (Å²) < 4.78 is 0. The molecule has 0 bridgehead atoms. The molecule has 0 aromatic heterocycles. The predicted molar refractivity (Wildman–Crippen MR) is 48.8 cm³/mol. The maximum Gasteiger partial charge on any atom is 0.00611 e. The monoisotopic (exact) mass is 152 g/mol. The highest BCUT2D eigenvalue weighted by Crippen LogP contribution is 2.33. The summed E-state index contributed by atoms with van der Waals surface area (Å²) in [6.45, 7) is 4.25. The molecular weight excluding hydrogens is 140 g/mol. The van der Waals surface area contributed by atoms with Gasteiger partial charge in [-0.2, -0.15) is 0 Å². The minimum absolute atomic E-state index is 0.626. The van der Waals surface area contributed by atoms with Crippen molar-refractivity contribution in [1.82, 2.24) is 0 Å². The van der Waals surface area contributed by atoms with Crippen LogP contribution in [0, 0.1) is 5.92 Å². The molecule has 1 heterocycles. The molecule has 0 fully saturated rings. The van der Waals surface area contributed by atoms with Crippen LogP contribution in [0.4, 0.5) is 0 Å². The first kappa shape index (κ1) is 7.67. The summed E-state index contributed by atoms with van der Waals surface area (Å²) in [4.78, 5) is 1.44. The van der Waals surface area contributed by atoms with Gasteiger partial charge in [0.1, 0.15) is 0 Å². The zero-order valence-corrected chi connectivity index (χ0v) is 7.19. The Morgan fingerprint density at radius 1 is 1.60 bits per heavy atom. The van der Waals surface area contributed by atoms with Crippen LogP contribution in [-0.4, -0.2) is 0 Å². The van der Waals surface area contributed by atoms with Crippen LogP contribution in [0.15, 0.2) is 34.6 Å². The number of thioether (sulfide) groups is 1. The molecule has 10 heavy (non-hydrogen) atoms. The van der Waals surface area contributed by atoms with Gasteiger partial charge in [0.05, 0.1) is 0 Å². The minimum Gasteiger partial charge on any atom is -0.102 e. The van der Waals surface area contributed by atoms with E-state index < -0.39 is 0 Å². The second-order valence-electron chi connectivity index (χ2n) is 2.33. The van der Waals surface area contributed by atoms with E-state index in [-0.39, 0.29) is 0 Å². The lowest BCUT2D eigenvalue weighted by Crippen LogP contribution is -1.83. The molecule has 1 unspecified atom stereocenters. The minimum atomic E-state index is 0.626. The maximum absolute atomic E-state index is 2.22. The van der Waals surface area contributed by atoms with Gasteiger partial charge in [0.25, 0.3) is 0 Å². The van der Waals surface area contributed by atoms with Crippen LogP contribution in [0.25, 0.3) is 0 Å². The average molecular weight is 152 g/mol. The van der Waals surface area contributed by atoms with Gasteiger partial charge in [0, 0.05) is 5.92 Å². The Morgan fingerprint density at radius 3 is 2.90 bits per heavy atom. The summed E-state index contributed by atoms with van der Waals surface area (Å²) in [5.74, 6) is 0.626. The van der Waals surface area contributed by atoms with E-state index in [0.29, 0.717) is 5.92 Å². The summed E-state index contributed by atoms with van der Waals surface area (Å²) in [6, 6.07) is 0. The Kier molecular flexibility index (Phi) is 2.82. The first-order valence-corrected chi connectivity index (χ1v) is 4.38. The highest BCUT2D eigenvalue weighted by Gasteiger charge is 2.08. The van der Waals surface area contributed by atoms with E-state index in [9.17, 15) is 0 Å². The van der Waals surface area contributed by atoms with Gasteiger partial charge in [-0.15, -0.1) is 11.8 Å². The van der Waals surface area contributed by atoms with Crippen molar-refractivity contribution in [2.75, 3.05) is 0 Å². The number of hydrogen-bond acceptors (Lipinski definition) is 1. The second kappa shape index (κ2) is 3.67. The van der Waals surface area contributed by atoms with Crippen molar-refractivity contribution in [2.24, 2.45) is 5.92 Å². The lowest BCUT2D eigenvalue weighted by atomic mass is 10.1. The van der Waals surface area contributed by atoms with E-state index in [0.717, 1.165) is 0 Å². The van der Waals surface area contributed by atoms with Gasteiger partial charge >= 0.3 is 0 Å². The Hall–Kier alpha value is -0.430. The first-order valence-electron chi connectivity index (χ1n) is 3.51. The lowest BCUT2D eigenvalue weighted by molar-refractivity contribution is 0.935. The SMILES string of the molecule is CC=CC=C1SC=CC1C. The van der Waals surface area contributed by atoms with Crippen molar-refractivity contribution in [3.05, 3.63) is 34.6 Å². The van der Waals surface area contributed by atoms with Gasteiger partial charge in [-0.05, 0) is 17.2 Å². The van der Waals surface area contributed by atoms with Crippen molar-refractivity contribution < 1.29 is 0 Å². The van der Waals surface area contributed by atoms with Gasteiger partial charge in [0.2, 0.25) is 0 Å². The molecule has 0 saturated carbocycles. The number of allylic oxidation sites excluding steroid dienone is 5. The van der Waals surface area contributed by atoms with E-state index in [1.54, 1.807) is 0 Å². The smallest absolute Gasteiger partial charge is 0.00611 e. The molecule has 54 valence electrons. The van der Waals surface area contributed by atoms with Crippen LogP contribution >= 0.6 is 11.8 Å². The molecule has 0 nitrogen and oxygen atoms in total. The molecule has 1 atom stereocenters. The van der Waals surface area contributed by atoms with Crippen LogP contribution in [-0.2, 0) is 0 Å². The summed E-state index contributed by atoms with van der Waals surface area (Å²) in [7, 11) is 0. The molecule has 0 radical (unpaired) electrons. The number of rotatable bonds is 1. The summed E-state index contributed by atoms with van der Waals surface area (Å²) in [5, 5.41) is 2.15. The molecule has 0 saturated heterocycles. The van der Waals surface area contributed by atoms with Crippen LogP contribution in [0.2, 0.25) is 0 Å². The fraction of sp³-hybridized carbons (Fsp3) is 0.333. The fourth-order valence-corrected chi connectivity index (χ4v) is 1.74. The fourth-order valence-electron chi connectivity index (χ4n) is 0.820. The van der Waals surface area contributed by atoms with E-state index >= 15 is 0 Å². The lowest BCUT2D eigenvalue weighted by Gasteiger charge is -1.99. The maximum atomic E-state index is 2.22. The van der Waals surface area contributed by atoms with E-state index in [1.165, 1.54) is 4.91 Å². The molecular formula is C9H12S. The standard InChI is InChI=1S/C9H12S/c1-3-4-5-9-8(2)6-7-10-9/h3-8H,1-2H3. The number of hydrogen-bond donors (Lipinski definition) is 0. The van der Waals surface area contributed by atoms with Gasteiger partial charge in [-0.3, -0.25) is 0 Å². The summed E-state index contributed by atoms with van der Waals surface area (Å²) in [6.07, 6.45) is 8.54. The second-order valence-corrected chi connectivity index (χ2v) is 3.31. The Labute approximate surface area is 66.7 Å². The quantitative estimate of drug-likeness (QED) is 0.555. The Balaban J connectivity index is 2.58. The van der Waals surface area contributed by atoms with Crippen LogP contribution < -0.4 is 0 Å². The largest absolute Gasteiger partial charge is 0.102 e. The van der Waals surface area contributed by atoms with Crippen molar-refractivity contribution in [2.45, 2.75) is 13.8 Å². The third-order valence-electron chi connectivity index (χ3n) is 1.47. The topological polar surface area (TPSA) is 0 Å². The first-order chi connectivity index (χ1) is 4.84. The Bertz CT molecular complexity index is 187. The highest BCUT2D eigenvalue weighted by molar-refractivity contribution is 8.06. The van der Waals surface area contributed by atoms with Crippen LogP contribution in [0.1, 0.15) is 13.8 Å². The molecule has 0 amide bonds. The molecule has 1 aliphatic rings. The summed E-state index contributed by atoms with van der Waals surface area (Å²) >= 11 is 1.82. The van der Waals surface area contributed by atoms with Gasteiger partial charge in [0.15, 0.2) is 0 Å². The Morgan fingerprint density at radius 2 is 2.40 bits per heavy atom. The molecule has 0 aliphatic carbocycles. The van der Waals surface area contributed by atoms with Crippen molar-refractivity contribution in [3.8, 4) is 0 Å². The van der Waals surface area contributed by atoms with Crippen molar-refractivity contribution in [1.29, 1.82) is 0 Å². The van der Waals surface area contributed by atoms with Gasteiger partial charge in [-0.1, -0.05) is 31.2 Å². The molecule has 0 aromatic carbocycles. The molecule has 0 spiro atoms. The molecule has 1 rings (SSSR count). The highest BCUT2D eigenvalue weighted by atomic mass is 32.2. The van der Waals surface area contributed by atoms with E-state index in [1.807, 2.05) is 18.7 Å². The third kappa shape index (κ3) is 1.77. The molecule has 1 aliphatic heterocycles. The normalized spacial score (nSPS) is 29.0. The predicted octanol–water partition coefficient (Wildman–Crippen LogP) is 3.34. The summed E-state index contributed by atoms with van der Waals surface area (Å²) in [5.41, 5.74) is 0. The zero-order chi connectivity index (χ0) is 7.40. The van der Waals surface area contributed by atoms with E-state index in [2.05, 4.69) is 36.6 Å². The average Bonchev–Trinajstić information content (AvgIpc) is 2.31.